The van der Waals surface area contributed by atoms with Crippen LogP contribution in [0.2, 0.25) is 0 Å². The first-order valence-electron chi connectivity index (χ1n) is 12.3. The van der Waals surface area contributed by atoms with Crippen LogP contribution >= 0.6 is 0 Å². The lowest BCUT2D eigenvalue weighted by Crippen LogP contribution is -2.32. The smallest absolute Gasteiger partial charge is 0.223 e. The van der Waals surface area contributed by atoms with E-state index in [-0.39, 0.29) is 29.4 Å². The second-order valence-electron chi connectivity index (χ2n) is 10.1. The summed E-state index contributed by atoms with van der Waals surface area (Å²) in [6, 6.07) is 13.3. The van der Waals surface area contributed by atoms with Gasteiger partial charge in [0.15, 0.2) is 34.4 Å². The highest BCUT2D eigenvalue weighted by Crippen LogP contribution is 2.52. The lowest BCUT2D eigenvalue weighted by atomic mass is 9.69. The fraction of sp³-hybridized carbons (Fsp3) is 0.241. The van der Waals surface area contributed by atoms with Gasteiger partial charge in [0.1, 0.15) is 5.82 Å². The van der Waals surface area contributed by atoms with Crippen LogP contribution in [-0.4, -0.2) is 31.0 Å². The maximum Gasteiger partial charge on any atom is 0.223 e. The van der Waals surface area contributed by atoms with Crippen LogP contribution in [0.15, 0.2) is 60.9 Å². The Labute approximate surface area is 217 Å². The van der Waals surface area contributed by atoms with Crippen molar-refractivity contribution in [2.24, 2.45) is 0 Å². The first kappa shape index (κ1) is 24.0. The molecule has 0 bridgehead atoms. The molecule has 5 aromatic rings. The second kappa shape index (κ2) is 8.86. The third-order valence-corrected chi connectivity index (χ3v) is 6.76. The molecule has 0 amide bonds. The fourth-order valence-corrected chi connectivity index (χ4v) is 5.01. The summed E-state index contributed by atoms with van der Waals surface area (Å²) in [4.78, 5) is 21.3. The molecule has 1 N–H and O–H groups in total. The molecule has 38 heavy (non-hydrogen) atoms. The summed E-state index contributed by atoms with van der Waals surface area (Å²) in [5.41, 5.74) is 2.90. The van der Waals surface area contributed by atoms with E-state index in [1.807, 2.05) is 45.9 Å². The van der Waals surface area contributed by atoms with E-state index < -0.39 is 17.0 Å². The Morgan fingerprint density at radius 1 is 0.947 bits per heavy atom. The van der Waals surface area contributed by atoms with Crippen LogP contribution in [0.4, 0.5) is 8.78 Å². The van der Waals surface area contributed by atoms with Crippen LogP contribution in [-0.2, 0) is 5.41 Å². The summed E-state index contributed by atoms with van der Waals surface area (Å²) in [5, 5.41) is 0. The first-order valence-corrected chi connectivity index (χ1v) is 12.3. The van der Waals surface area contributed by atoms with Crippen LogP contribution in [0.5, 0.6) is 17.4 Å². The molecule has 1 aliphatic heterocycles. The number of pyridine rings is 1. The van der Waals surface area contributed by atoms with Crippen molar-refractivity contribution in [2.45, 2.75) is 45.1 Å². The summed E-state index contributed by atoms with van der Waals surface area (Å²) in [6.07, 6.45) is 3.03. The first-order chi connectivity index (χ1) is 18.2. The van der Waals surface area contributed by atoms with Crippen molar-refractivity contribution in [1.82, 2.24) is 24.9 Å². The fourth-order valence-electron chi connectivity index (χ4n) is 5.01. The number of rotatable bonds is 5. The van der Waals surface area contributed by atoms with Crippen LogP contribution in [0.1, 0.15) is 50.6 Å². The molecule has 0 fully saturated rings. The van der Waals surface area contributed by atoms with Crippen molar-refractivity contribution in [3.8, 4) is 28.6 Å². The van der Waals surface area contributed by atoms with Crippen LogP contribution in [0.3, 0.4) is 0 Å². The molecule has 0 spiro atoms. The van der Waals surface area contributed by atoms with Gasteiger partial charge in [-0.3, -0.25) is 0 Å². The maximum absolute atomic E-state index is 15.1. The minimum Gasteiger partial charge on any atom is -0.488 e. The number of aromatic nitrogens is 5. The van der Waals surface area contributed by atoms with Gasteiger partial charge >= 0.3 is 0 Å². The molecule has 6 rings (SSSR count). The van der Waals surface area contributed by atoms with Crippen LogP contribution in [0, 0.1) is 11.6 Å². The van der Waals surface area contributed by atoms with Crippen molar-refractivity contribution in [3.63, 3.8) is 0 Å². The van der Waals surface area contributed by atoms with E-state index in [0.29, 0.717) is 33.9 Å². The zero-order valence-corrected chi connectivity index (χ0v) is 21.3. The molecule has 4 heterocycles. The Morgan fingerprint density at radius 3 is 2.53 bits per heavy atom. The topological polar surface area (TPSA) is 85.8 Å². The minimum atomic E-state index is -0.658. The van der Waals surface area contributed by atoms with Crippen LogP contribution < -0.4 is 9.47 Å². The van der Waals surface area contributed by atoms with E-state index in [1.165, 1.54) is 12.1 Å². The molecule has 1 atom stereocenters. The summed E-state index contributed by atoms with van der Waals surface area (Å²) >= 11 is 0. The van der Waals surface area contributed by atoms with Crippen LogP contribution in [0.25, 0.3) is 22.6 Å². The van der Waals surface area contributed by atoms with Gasteiger partial charge in [-0.05, 0) is 44.2 Å². The SMILES string of the molecule is CC(C)Oc1ccc(-c2ccc3c(n2)Oc2c(F)cccc2C3C(C)(C)c2nc3nccnc3[nH]2)cc1F. The third-order valence-electron chi connectivity index (χ3n) is 6.76. The second-order valence-corrected chi connectivity index (χ2v) is 10.1. The van der Waals surface area contributed by atoms with Gasteiger partial charge in [-0.25, -0.2) is 28.7 Å². The highest BCUT2D eigenvalue weighted by Gasteiger charge is 2.43. The molecular weight excluding hydrogens is 488 g/mol. The highest BCUT2D eigenvalue weighted by molar-refractivity contribution is 5.67. The number of hydrogen-bond donors (Lipinski definition) is 1. The monoisotopic (exact) mass is 513 g/mol. The molecule has 1 aliphatic rings. The summed E-state index contributed by atoms with van der Waals surface area (Å²) in [5.74, 6) is -0.147. The van der Waals surface area contributed by atoms with Gasteiger partial charge in [-0.2, -0.15) is 0 Å². The molecular formula is C29H25F2N5O2. The third kappa shape index (κ3) is 3.95. The largest absolute Gasteiger partial charge is 0.488 e. The normalized spacial score (nSPS) is 14.8. The molecule has 9 heteroatoms. The summed E-state index contributed by atoms with van der Waals surface area (Å²) < 4.78 is 41.3. The average Bonchev–Trinajstić information content (AvgIpc) is 3.34. The number of para-hydroxylation sites is 1. The van der Waals surface area contributed by atoms with Crippen molar-refractivity contribution in [2.75, 3.05) is 0 Å². The van der Waals surface area contributed by atoms with E-state index in [1.54, 1.807) is 30.6 Å². The lowest BCUT2D eigenvalue weighted by Gasteiger charge is -2.37. The van der Waals surface area contributed by atoms with Crippen molar-refractivity contribution in [1.29, 1.82) is 0 Å². The van der Waals surface area contributed by atoms with E-state index in [9.17, 15) is 4.39 Å². The van der Waals surface area contributed by atoms with E-state index >= 15 is 4.39 Å². The van der Waals surface area contributed by atoms with E-state index in [4.69, 9.17) is 19.4 Å². The predicted octanol–water partition coefficient (Wildman–Crippen LogP) is 6.70. The quantitative estimate of drug-likeness (QED) is 0.282. The number of nitrogens with one attached hydrogen (secondary N) is 1. The number of imidazole rings is 1. The molecule has 0 saturated carbocycles. The van der Waals surface area contributed by atoms with E-state index in [0.717, 1.165) is 5.56 Å². The lowest BCUT2D eigenvalue weighted by molar-refractivity contribution is 0.231. The number of hydrogen-bond acceptors (Lipinski definition) is 6. The Hall–Kier alpha value is -4.40. The predicted molar refractivity (Wildman–Crippen MR) is 138 cm³/mol. The van der Waals surface area contributed by atoms with Crippen molar-refractivity contribution >= 4 is 11.3 Å². The summed E-state index contributed by atoms with van der Waals surface area (Å²) in [7, 11) is 0. The zero-order valence-electron chi connectivity index (χ0n) is 21.3. The number of ether oxygens (including phenoxy) is 2. The molecule has 2 aromatic carbocycles. The highest BCUT2D eigenvalue weighted by atomic mass is 19.1. The number of nitrogens with zero attached hydrogens (tertiary/aromatic N) is 4. The maximum atomic E-state index is 15.1. The number of aromatic amines is 1. The average molecular weight is 514 g/mol. The molecule has 3 aromatic heterocycles. The molecule has 0 aliphatic carbocycles. The number of H-pyrrole nitrogens is 1. The molecule has 1 unspecified atom stereocenters. The molecule has 7 nitrogen and oxygen atoms in total. The van der Waals surface area contributed by atoms with Gasteiger partial charge in [0, 0.05) is 40.4 Å². The van der Waals surface area contributed by atoms with E-state index in [2.05, 4.69) is 15.0 Å². The Kier molecular flexibility index (Phi) is 5.59. The van der Waals surface area contributed by atoms with Gasteiger partial charge in [-0.1, -0.05) is 32.0 Å². The molecule has 0 saturated heterocycles. The van der Waals surface area contributed by atoms with Crippen molar-refractivity contribution in [3.05, 3.63) is 89.5 Å². The Balaban J connectivity index is 1.47. The molecule has 0 radical (unpaired) electrons. The number of halogens is 2. The number of fused-ring (bicyclic) bond motifs is 3. The summed E-state index contributed by atoms with van der Waals surface area (Å²) in [6.45, 7) is 7.72. The molecule has 192 valence electrons. The standard InChI is InChI=1S/C29H25F2N5O2/c1-15(2)37-22-11-8-16(14-20(22)31)21-10-9-18-23(17-6-5-7-19(30)24(17)38-27(18)34-21)29(3,4)28-35-25-26(36-28)33-13-12-32-25/h5-15,23H,1-4H3,(H,32,33,35,36). The Morgan fingerprint density at radius 2 is 1.76 bits per heavy atom. The zero-order chi connectivity index (χ0) is 26.6. The van der Waals surface area contributed by atoms with Crippen molar-refractivity contribution < 1.29 is 18.3 Å². The minimum absolute atomic E-state index is 0.113. The van der Waals surface area contributed by atoms with Gasteiger partial charge in [0.25, 0.3) is 0 Å². The van der Waals surface area contributed by atoms with Gasteiger partial charge in [0.2, 0.25) is 5.88 Å². The van der Waals surface area contributed by atoms with Gasteiger partial charge in [-0.15, -0.1) is 0 Å². The van der Waals surface area contributed by atoms with Gasteiger partial charge < -0.3 is 14.5 Å². The number of benzene rings is 2. The van der Waals surface area contributed by atoms with Gasteiger partial charge in [0.05, 0.1) is 11.8 Å². The Bertz CT molecular complexity index is 1650.